The van der Waals surface area contributed by atoms with E-state index < -0.39 is 0 Å². The van der Waals surface area contributed by atoms with Gasteiger partial charge in [0.05, 0.1) is 0 Å². The molecule has 0 atom stereocenters. The average Bonchev–Trinajstić information content (AvgIpc) is 3.03. The minimum Gasteiger partial charge on any atom is -0.456 e. The lowest BCUT2D eigenvalue weighted by atomic mass is 10.0. The lowest BCUT2D eigenvalue weighted by Crippen LogP contribution is -1.90. The summed E-state index contributed by atoms with van der Waals surface area (Å²) in [5, 5.41) is 5.17. The quantitative estimate of drug-likeness (QED) is 0.691. The Balaban J connectivity index is 1.93. The molecule has 2 aromatic carbocycles. The largest absolute Gasteiger partial charge is 0.456 e. The fourth-order valence-corrected chi connectivity index (χ4v) is 2.90. The molecule has 2 nitrogen and oxygen atoms in total. The third-order valence-corrected chi connectivity index (χ3v) is 3.85. The molecule has 0 spiro atoms. The smallest absolute Gasteiger partial charge is 0.135 e. The van der Waals surface area contributed by atoms with Crippen molar-refractivity contribution in [1.29, 1.82) is 0 Å². The number of nitrogens with one attached hydrogen (secondary N) is 1. The van der Waals surface area contributed by atoms with Crippen molar-refractivity contribution in [3.8, 4) is 11.3 Å². The molecule has 19 heavy (non-hydrogen) atoms. The molecule has 2 heterocycles. The predicted octanol–water partition coefficient (Wildman–Crippen LogP) is 4.72. The molecule has 3 heteroatoms. The number of halogens is 1. The standard InChI is InChI=1S/C16H12ClNO/c17-11-4-5-15-10(8-11)9-16(19-15)13-2-1-3-14-12(13)6-7-18-14/h1-5,8-9,18H,6-7H2. The van der Waals surface area contributed by atoms with Gasteiger partial charge in [-0.05, 0) is 42.3 Å². The molecule has 4 rings (SSSR count). The average molecular weight is 270 g/mol. The van der Waals surface area contributed by atoms with Gasteiger partial charge in [-0.15, -0.1) is 0 Å². The maximum Gasteiger partial charge on any atom is 0.135 e. The van der Waals surface area contributed by atoms with Gasteiger partial charge in [0, 0.05) is 28.2 Å². The summed E-state index contributed by atoms with van der Waals surface area (Å²) in [5.74, 6) is 0.915. The summed E-state index contributed by atoms with van der Waals surface area (Å²) in [6.45, 7) is 0.998. The van der Waals surface area contributed by atoms with Crippen LogP contribution in [0.3, 0.4) is 0 Å². The van der Waals surface area contributed by atoms with Gasteiger partial charge in [0.25, 0.3) is 0 Å². The van der Waals surface area contributed by atoms with E-state index >= 15 is 0 Å². The molecule has 0 aliphatic carbocycles. The molecule has 1 aliphatic heterocycles. The first-order valence-electron chi connectivity index (χ1n) is 6.36. The second-order valence-electron chi connectivity index (χ2n) is 4.80. The highest BCUT2D eigenvalue weighted by molar-refractivity contribution is 6.31. The second kappa shape index (κ2) is 4.04. The summed E-state index contributed by atoms with van der Waals surface area (Å²) in [7, 11) is 0. The van der Waals surface area contributed by atoms with E-state index in [1.54, 1.807) is 0 Å². The van der Waals surface area contributed by atoms with E-state index in [1.807, 2.05) is 18.2 Å². The van der Waals surface area contributed by atoms with E-state index in [0.717, 1.165) is 34.7 Å². The van der Waals surface area contributed by atoms with Gasteiger partial charge in [-0.1, -0.05) is 23.7 Å². The van der Waals surface area contributed by atoms with Gasteiger partial charge in [-0.25, -0.2) is 0 Å². The van der Waals surface area contributed by atoms with Crippen LogP contribution in [0.25, 0.3) is 22.3 Å². The first-order valence-corrected chi connectivity index (χ1v) is 6.74. The van der Waals surface area contributed by atoms with Crippen molar-refractivity contribution in [2.75, 3.05) is 11.9 Å². The molecule has 3 aromatic rings. The van der Waals surface area contributed by atoms with E-state index in [0.29, 0.717) is 0 Å². The molecule has 1 aliphatic rings. The van der Waals surface area contributed by atoms with E-state index in [1.165, 1.54) is 16.8 Å². The monoisotopic (exact) mass is 269 g/mol. The number of hydrogen-bond donors (Lipinski definition) is 1. The van der Waals surface area contributed by atoms with Gasteiger partial charge < -0.3 is 9.73 Å². The van der Waals surface area contributed by atoms with Gasteiger partial charge in [0.1, 0.15) is 11.3 Å². The summed E-state index contributed by atoms with van der Waals surface area (Å²) in [4.78, 5) is 0. The number of fused-ring (bicyclic) bond motifs is 2. The molecule has 0 radical (unpaired) electrons. The minimum atomic E-state index is 0.736. The van der Waals surface area contributed by atoms with E-state index in [-0.39, 0.29) is 0 Å². The van der Waals surface area contributed by atoms with Crippen LogP contribution in [-0.2, 0) is 6.42 Å². The van der Waals surface area contributed by atoms with Crippen LogP contribution in [-0.4, -0.2) is 6.54 Å². The Kier molecular flexibility index (Phi) is 2.32. The summed E-state index contributed by atoms with van der Waals surface area (Å²) in [5.41, 5.74) is 4.61. The van der Waals surface area contributed by atoms with Crippen LogP contribution in [0.2, 0.25) is 5.02 Å². The third-order valence-electron chi connectivity index (χ3n) is 3.61. The van der Waals surface area contributed by atoms with E-state index in [4.69, 9.17) is 16.0 Å². The van der Waals surface area contributed by atoms with E-state index in [9.17, 15) is 0 Å². The Bertz CT molecular complexity index is 776. The van der Waals surface area contributed by atoms with Crippen molar-refractivity contribution < 1.29 is 4.42 Å². The predicted molar refractivity (Wildman–Crippen MR) is 78.9 cm³/mol. The zero-order chi connectivity index (χ0) is 12.8. The van der Waals surface area contributed by atoms with Crippen LogP contribution in [0.1, 0.15) is 5.56 Å². The number of furan rings is 1. The Morgan fingerprint density at radius 2 is 2.05 bits per heavy atom. The first kappa shape index (κ1) is 10.9. The first-order chi connectivity index (χ1) is 9.31. The Hall–Kier alpha value is -1.93. The molecule has 0 amide bonds. The summed E-state index contributed by atoms with van der Waals surface area (Å²) in [6.07, 6.45) is 1.04. The molecule has 0 saturated carbocycles. The fourth-order valence-electron chi connectivity index (χ4n) is 2.72. The molecular formula is C16H12ClNO. The molecule has 1 N–H and O–H groups in total. The van der Waals surface area contributed by atoms with Gasteiger partial charge in [0.15, 0.2) is 0 Å². The summed E-state index contributed by atoms with van der Waals surface area (Å²) >= 11 is 6.02. The van der Waals surface area contributed by atoms with Gasteiger partial charge in [0.2, 0.25) is 0 Å². The third kappa shape index (κ3) is 1.71. The van der Waals surface area contributed by atoms with Crippen LogP contribution in [0, 0.1) is 0 Å². The van der Waals surface area contributed by atoms with Crippen molar-refractivity contribution in [3.63, 3.8) is 0 Å². The molecule has 0 fully saturated rings. The molecule has 0 unspecified atom stereocenters. The SMILES string of the molecule is Clc1ccc2oc(-c3cccc4c3CCN4)cc2c1. The second-order valence-corrected chi connectivity index (χ2v) is 5.24. The van der Waals surface area contributed by atoms with Crippen molar-refractivity contribution in [3.05, 3.63) is 53.1 Å². The van der Waals surface area contributed by atoms with Crippen LogP contribution in [0.5, 0.6) is 0 Å². The number of rotatable bonds is 1. The number of benzene rings is 2. The normalized spacial score (nSPS) is 13.5. The van der Waals surface area contributed by atoms with Crippen LogP contribution < -0.4 is 5.32 Å². The maximum absolute atomic E-state index is 6.02. The van der Waals surface area contributed by atoms with Crippen molar-refractivity contribution in [2.45, 2.75) is 6.42 Å². The van der Waals surface area contributed by atoms with Gasteiger partial charge >= 0.3 is 0 Å². The minimum absolute atomic E-state index is 0.736. The molecule has 0 bridgehead atoms. The van der Waals surface area contributed by atoms with Crippen LogP contribution in [0.15, 0.2) is 46.9 Å². The van der Waals surface area contributed by atoms with Gasteiger partial charge in [-0.3, -0.25) is 0 Å². The Labute approximate surface area is 116 Å². The van der Waals surface area contributed by atoms with E-state index in [2.05, 4.69) is 29.6 Å². The highest BCUT2D eigenvalue weighted by Gasteiger charge is 2.17. The molecular weight excluding hydrogens is 258 g/mol. The molecule has 1 aromatic heterocycles. The van der Waals surface area contributed by atoms with Gasteiger partial charge in [-0.2, -0.15) is 0 Å². The zero-order valence-corrected chi connectivity index (χ0v) is 11.0. The van der Waals surface area contributed by atoms with Crippen molar-refractivity contribution in [2.24, 2.45) is 0 Å². The maximum atomic E-state index is 6.02. The summed E-state index contributed by atoms with van der Waals surface area (Å²) in [6, 6.07) is 14.1. The lowest BCUT2D eigenvalue weighted by Gasteiger charge is -2.04. The molecule has 94 valence electrons. The Morgan fingerprint density at radius 1 is 1.11 bits per heavy atom. The molecule has 0 saturated heterocycles. The Morgan fingerprint density at radius 3 is 3.00 bits per heavy atom. The number of hydrogen-bond acceptors (Lipinski definition) is 2. The summed E-state index contributed by atoms with van der Waals surface area (Å²) < 4.78 is 5.95. The number of anilines is 1. The highest BCUT2D eigenvalue weighted by Crippen LogP contribution is 2.36. The van der Waals surface area contributed by atoms with Crippen molar-refractivity contribution >= 4 is 28.3 Å². The lowest BCUT2D eigenvalue weighted by molar-refractivity contribution is 0.631. The van der Waals surface area contributed by atoms with Crippen LogP contribution in [0.4, 0.5) is 5.69 Å². The highest BCUT2D eigenvalue weighted by atomic mass is 35.5. The van der Waals surface area contributed by atoms with Crippen LogP contribution >= 0.6 is 11.6 Å². The van der Waals surface area contributed by atoms with Crippen molar-refractivity contribution in [1.82, 2.24) is 0 Å². The zero-order valence-electron chi connectivity index (χ0n) is 10.2. The fraction of sp³-hybridized carbons (Fsp3) is 0.125. The topological polar surface area (TPSA) is 25.2 Å².